The van der Waals surface area contributed by atoms with Crippen LogP contribution in [0.25, 0.3) is 0 Å². The number of carbonyl (C=O) groups excluding carboxylic acids is 1. The van der Waals surface area contributed by atoms with Crippen molar-refractivity contribution in [2.75, 3.05) is 20.8 Å². The van der Waals surface area contributed by atoms with Gasteiger partial charge in [0.2, 0.25) is 0 Å². The number of carbonyl (C=O) groups is 1. The molecule has 0 unspecified atom stereocenters. The summed E-state index contributed by atoms with van der Waals surface area (Å²) in [6.07, 6.45) is 0.714. The zero-order valence-electron chi connectivity index (χ0n) is 8.72. The highest BCUT2D eigenvalue weighted by Gasteiger charge is 2.13. The Labute approximate surface area is 83.2 Å². The predicted molar refractivity (Wildman–Crippen MR) is 52.4 cm³/mol. The highest BCUT2D eigenvalue weighted by molar-refractivity contribution is 5.89. The first-order valence-electron chi connectivity index (χ1n) is 4.44. The Morgan fingerprint density at radius 2 is 2.21 bits per heavy atom. The van der Waals surface area contributed by atoms with Crippen LogP contribution in [0, 0.1) is 6.92 Å². The molecule has 0 aliphatic rings. The van der Waals surface area contributed by atoms with Crippen LogP contribution in [0.2, 0.25) is 0 Å². The number of H-pyrrole nitrogens is 1. The van der Waals surface area contributed by atoms with E-state index in [1.807, 2.05) is 13.0 Å². The van der Waals surface area contributed by atoms with Crippen LogP contribution in [-0.4, -0.2) is 31.8 Å². The van der Waals surface area contributed by atoms with Gasteiger partial charge in [0.25, 0.3) is 0 Å². The van der Waals surface area contributed by atoms with Crippen molar-refractivity contribution in [1.29, 1.82) is 0 Å². The van der Waals surface area contributed by atoms with Gasteiger partial charge in [0.1, 0.15) is 5.69 Å². The third-order valence-corrected chi connectivity index (χ3v) is 2.00. The lowest BCUT2D eigenvalue weighted by molar-refractivity contribution is 0.0593. The molecular weight excluding hydrogens is 182 g/mol. The maximum Gasteiger partial charge on any atom is 0.354 e. The van der Waals surface area contributed by atoms with Crippen molar-refractivity contribution in [3.05, 3.63) is 23.0 Å². The van der Waals surface area contributed by atoms with Crippen molar-refractivity contribution in [3.8, 4) is 0 Å². The maximum absolute atomic E-state index is 11.3. The van der Waals surface area contributed by atoms with Gasteiger partial charge in [0.15, 0.2) is 0 Å². The lowest BCUT2D eigenvalue weighted by Crippen LogP contribution is -2.06. The van der Waals surface area contributed by atoms with E-state index >= 15 is 0 Å². The van der Waals surface area contributed by atoms with Crippen molar-refractivity contribution in [3.63, 3.8) is 0 Å². The second kappa shape index (κ2) is 4.81. The fraction of sp³-hybridized carbons (Fsp3) is 0.500. The van der Waals surface area contributed by atoms with Crippen LogP contribution < -0.4 is 0 Å². The van der Waals surface area contributed by atoms with Gasteiger partial charge in [-0.25, -0.2) is 4.79 Å². The van der Waals surface area contributed by atoms with Gasteiger partial charge in [-0.15, -0.1) is 0 Å². The summed E-state index contributed by atoms with van der Waals surface area (Å²) in [5.41, 5.74) is 2.43. The summed E-state index contributed by atoms with van der Waals surface area (Å²) in [5.74, 6) is -0.329. The molecule has 0 atom stereocenters. The van der Waals surface area contributed by atoms with Crippen LogP contribution in [-0.2, 0) is 15.9 Å². The van der Waals surface area contributed by atoms with E-state index in [-0.39, 0.29) is 5.97 Å². The first-order valence-corrected chi connectivity index (χ1v) is 4.44. The summed E-state index contributed by atoms with van der Waals surface area (Å²) < 4.78 is 9.62. The third-order valence-electron chi connectivity index (χ3n) is 2.00. The maximum atomic E-state index is 11.3. The molecule has 0 saturated carbocycles. The molecule has 0 aliphatic carbocycles. The van der Waals surface area contributed by atoms with E-state index in [1.165, 1.54) is 7.11 Å². The molecule has 0 bridgehead atoms. The quantitative estimate of drug-likeness (QED) is 0.740. The van der Waals surface area contributed by atoms with E-state index in [0.29, 0.717) is 18.7 Å². The van der Waals surface area contributed by atoms with Gasteiger partial charge in [-0.2, -0.15) is 0 Å². The van der Waals surface area contributed by atoms with Gasteiger partial charge in [0, 0.05) is 12.8 Å². The first kappa shape index (κ1) is 10.8. The molecule has 0 radical (unpaired) electrons. The number of aryl methyl sites for hydroxylation is 1. The minimum absolute atomic E-state index is 0.329. The number of esters is 1. The smallest absolute Gasteiger partial charge is 0.354 e. The Balaban J connectivity index is 2.85. The molecule has 0 spiro atoms. The molecular formula is C10H15NO3. The fourth-order valence-corrected chi connectivity index (χ4v) is 1.34. The molecule has 0 aliphatic heterocycles. The van der Waals surface area contributed by atoms with Crippen LogP contribution in [0.1, 0.15) is 21.7 Å². The van der Waals surface area contributed by atoms with Crippen molar-refractivity contribution >= 4 is 5.97 Å². The van der Waals surface area contributed by atoms with Gasteiger partial charge >= 0.3 is 5.97 Å². The van der Waals surface area contributed by atoms with E-state index < -0.39 is 0 Å². The van der Waals surface area contributed by atoms with E-state index in [2.05, 4.69) is 9.72 Å². The molecule has 78 valence electrons. The minimum atomic E-state index is -0.329. The van der Waals surface area contributed by atoms with Crippen molar-refractivity contribution in [1.82, 2.24) is 4.98 Å². The SMILES string of the molecule is COCCc1cc(C)[nH]c1C(=O)OC. The van der Waals surface area contributed by atoms with E-state index in [4.69, 9.17) is 4.74 Å². The minimum Gasteiger partial charge on any atom is -0.464 e. The third kappa shape index (κ3) is 2.35. The predicted octanol–water partition coefficient (Wildman–Crippen LogP) is 1.30. The number of ether oxygens (including phenoxy) is 2. The summed E-state index contributed by atoms with van der Waals surface area (Å²) >= 11 is 0. The molecule has 1 N–H and O–H groups in total. The second-order valence-electron chi connectivity index (χ2n) is 3.09. The number of hydrogen-bond acceptors (Lipinski definition) is 3. The fourth-order valence-electron chi connectivity index (χ4n) is 1.34. The van der Waals surface area contributed by atoms with Crippen molar-refractivity contribution in [2.45, 2.75) is 13.3 Å². The molecule has 0 aromatic carbocycles. The van der Waals surface area contributed by atoms with Crippen molar-refractivity contribution < 1.29 is 14.3 Å². The lowest BCUT2D eigenvalue weighted by atomic mass is 10.2. The molecule has 1 aromatic rings. The van der Waals surface area contributed by atoms with Crippen LogP contribution in [0.4, 0.5) is 0 Å². The molecule has 1 aromatic heterocycles. The zero-order valence-corrected chi connectivity index (χ0v) is 8.72. The second-order valence-corrected chi connectivity index (χ2v) is 3.09. The Hall–Kier alpha value is -1.29. The van der Waals surface area contributed by atoms with E-state index in [1.54, 1.807) is 7.11 Å². The molecule has 14 heavy (non-hydrogen) atoms. The summed E-state index contributed by atoms with van der Waals surface area (Å²) in [5, 5.41) is 0. The largest absolute Gasteiger partial charge is 0.464 e. The summed E-state index contributed by atoms with van der Waals surface area (Å²) in [6.45, 7) is 2.50. The Morgan fingerprint density at radius 1 is 1.50 bits per heavy atom. The van der Waals surface area contributed by atoms with Crippen LogP contribution in [0.15, 0.2) is 6.07 Å². The highest BCUT2D eigenvalue weighted by atomic mass is 16.5. The monoisotopic (exact) mass is 197 g/mol. The summed E-state index contributed by atoms with van der Waals surface area (Å²) in [7, 11) is 3.01. The normalized spacial score (nSPS) is 10.2. The zero-order chi connectivity index (χ0) is 10.6. The molecule has 0 saturated heterocycles. The van der Waals surface area contributed by atoms with Crippen LogP contribution in [0.5, 0.6) is 0 Å². The number of nitrogens with one attached hydrogen (secondary N) is 1. The number of rotatable bonds is 4. The van der Waals surface area contributed by atoms with Gasteiger partial charge in [-0.1, -0.05) is 0 Å². The average Bonchev–Trinajstić information content (AvgIpc) is 2.55. The molecule has 4 heteroatoms. The number of hydrogen-bond donors (Lipinski definition) is 1. The van der Waals surface area contributed by atoms with E-state index in [0.717, 1.165) is 11.3 Å². The van der Waals surface area contributed by atoms with Gasteiger partial charge in [-0.05, 0) is 25.0 Å². The molecule has 1 heterocycles. The Bertz CT molecular complexity index is 317. The summed E-state index contributed by atoms with van der Waals surface area (Å²) in [4.78, 5) is 14.3. The molecule has 0 fully saturated rings. The van der Waals surface area contributed by atoms with Crippen LogP contribution in [0.3, 0.4) is 0 Å². The van der Waals surface area contributed by atoms with Gasteiger partial charge in [0.05, 0.1) is 13.7 Å². The topological polar surface area (TPSA) is 51.3 Å². The highest BCUT2D eigenvalue weighted by Crippen LogP contribution is 2.12. The number of aromatic amines is 1. The Kier molecular flexibility index (Phi) is 3.71. The Morgan fingerprint density at radius 3 is 2.79 bits per heavy atom. The molecule has 0 amide bonds. The van der Waals surface area contributed by atoms with Gasteiger partial charge in [-0.3, -0.25) is 0 Å². The average molecular weight is 197 g/mol. The van der Waals surface area contributed by atoms with Crippen molar-refractivity contribution in [2.24, 2.45) is 0 Å². The number of methoxy groups -OCH3 is 2. The van der Waals surface area contributed by atoms with Gasteiger partial charge < -0.3 is 14.5 Å². The standard InChI is InChI=1S/C10H15NO3/c1-7-6-8(4-5-13-2)9(11-7)10(12)14-3/h6,11H,4-5H2,1-3H3. The molecule has 4 nitrogen and oxygen atoms in total. The van der Waals surface area contributed by atoms with Crippen LogP contribution >= 0.6 is 0 Å². The molecule has 1 rings (SSSR count). The summed E-state index contributed by atoms with van der Waals surface area (Å²) in [6, 6.07) is 1.94. The number of aromatic nitrogens is 1. The lowest BCUT2D eigenvalue weighted by Gasteiger charge is -2.01. The first-order chi connectivity index (χ1) is 6.69. The van der Waals surface area contributed by atoms with E-state index in [9.17, 15) is 4.79 Å².